The van der Waals surface area contributed by atoms with E-state index in [2.05, 4.69) is 31.2 Å². The van der Waals surface area contributed by atoms with Gasteiger partial charge in [0.15, 0.2) is 11.6 Å². The minimum atomic E-state index is -0.898. The number of aryl methyl sites for hydroxylation is 1. The first-order chi connectivity index (χ1) is 18.8. The van der Waals surface area contributed by atoms with Crippen LogP contribution in [-0.2, 0) is 11.2 Å². The molecule has 0 fully saturated rings. The number of hydrogen-bond donors (Lipinski definition) is 0. The largest absolute Gasteiger partial charge is 0.423 e. The van der Waals surface area contributed by atoms with Crippen LogP contribution in [0.3, 0.4) is 0 Å². The van der Waals surface area contributed by atoms with Crippen molar-refractivity contribution in [2.75, 3.05) is 0 Å². The molecule has 208 valence electrons. The highest BCUT2D eigenvalue weighted by molar-refractivity contribution is 6.30. The monoisotopic (exact) mass is 552 g/mol. The second-order valence-electron chi connectivity index (χ2n) is 10.2. The molecule has 0 spiro atoms. The number of benzene rings is 3. The second-order valence-corrected chi connectivity index (χ2v) is 10.7. The number of esters is 2. The van der Waals surface area contributed by atoms with Gasteiger partial charge >= 0.3 is 11.9 Å². The molecule has 0 radical (unpaired) electrons. The fourth-order valence-electron chi connectivity index (χ4n) is 4.18. The van der Waals surface area contributed by atoms with E-state index < -0.39 is 23.1 Å². The van der Waals surface area contributed by atoms with Crippen molar-refractivity contribution < 1.29 is 23.5 Å². The van der Waals surface area contributed by atoms with E-state index in [0.717, 1.165) is 23.6 Å². The zero-order valence-electron chi connectivity index (χ0n) is 23.1. The van der Waals surface area contributed by atoms with Crippen LogP contribution in [0.2, 0.25) is 0 Å². The summed E-state index contributed by atoms with van der Waals surface area (Å²) in [6.07, 6.45) is 10.2. The minimum Gasteiger partial charge on any atom is -0.423 e. The van der Waals surface area contributed by atoms with Crippen molar-refractivity contribution in [2.24, 2.45) is 5.92 Å². The highest BCUT2D eigenvalue weighted by atomic mass is 35.5. The van der Waals surface area contributed by atoms with Gasteiger partial charge in [0.2, 0.25) is 0 Å². The molecule has 3 aromatic carbocycles. The molecule has 0 aliphatic carbocycles. The van der Waals surface area contributed by atoms with Gasteiger partial charge in [-0.2, -0.15) is 0 Å². The molecule has 0 heterocycles. The topological polar surface area (TPSA) is 52.6 Å². The Balaban J connectivity index is 1.51. The van der Waals surface area contributed by atoms with Gasteiger partial charge in [-0.25, -0.2) is 9.18 Å². The third-order valence-electron chi connectivity index (χ3n) is 6.61. The van der Waals surface area contributed by atoms with Crippen molar-refractivity contribution in [2.45, 2.75) is 77.5 Å². The lowest BCUT2D eigenvalue weighted by molar-refractivity contribution is -0.134. The predicted molar refractivity (Wildman–Crippen MR) is 155 cm³/mol. The van der Waals surface area contributed by atoms with E-state index in [1.807, 2.05) is 12.1 Å². The maximum Gasteiger partial charge on any atom is 0.343 e. The Morgan fingerprint density at radius 3 is 1.97 bits per heavy atom. The fraction of sp³-hybridized carbons (Fsp3) is 0.394. The van der Waals surface area contributed by atoms with E-state index >= 15 is 0 Å². The Labute approximate surface area is 236 Å². The first-order valence-electron chi connectivity index (χ1n) is 13.9. The van der Waals surface area contributed by atoms with Crippen molar-refractivity contribution in [1.82, 2.24) is 0 Å². The molecule has 0 saturated heterocycles. The summed E-state index contributed by atoms with van der Waals surface area (Å²) in [4.78, 5) is 24.5. The smallest absolute Gasteiger partial charge is 0.343 e. The lowest BCUT2D eigenvalue weighted by atomic mass is 10.0. The Bertz CT molecular complexity index is 1210. The van der Waals surface area contributed by atoms with E-state index in [1.165, 1.54) is 62.6 Å². The Hall–Kier alpha value is -3.18. The second kappa shape index (κ2) is 15.4. The summed E-state index contributed by atoms with van der Waals surface area (Å²) in [5, 5.41) is -0.898. The summed E-state index contributed by atoms with van der Waals surface area (Å²) in [6, 6.07) is 19.3. The van der Waals surface area contributed by atoms with Crippen molar-refractivity contribution in [3.63, 3.8) is 0 Å². The van der Waals surface area contributed by atoms with E-state index in [0.29, 0.717) is 5.75 Å². The molecular formula is C33H38ClFO4. The first kappa shape index (κ1) is 30.4. The van der Waals surface area contributed by atoms with Crippen LogP contribution in [0.15, 0.2) is 66.7 Å². The van der Waals surface area contributed by atoms with Gasteiger partial charge in [-0.3, -0.25) is 4.79 Å². The summed E-state index contributed by atoms with van der Waals surface area (Å²) in [5.41, 5.74) is 3.43. The number of rotatable bonds is 14. The van der Waals surface area contributed by atoms with Crippen molar-refractivity contribution >= 4 is 23.5 Å². The van der Waals surface area contributed by atoms with Crippen LogP contribution < -0.4 is 9.47 Å². The summed E-state index contributed by atoms with van der Waals surface area (Å²) >= 11 is 5.97. The number of carbonyl (C=O) groups excluding carboxylic acids is 2. The molecular weight excluding hydrogens is 515 g/mol. The van der Waals surface area contributed by atoms with Crippen molar-refractivity contribution in [3.05, 3.63) is 83.7 Å². The number of unbranched alkanes of at least 4 members (excludes halogenated alkanes) is 6. The number of hydrogen-bond acceptors (Lipinski definition) is 4. The molecule has 0 amide bonds. The predicted octanol–water partition coefficient (Wildman–Crippen LogP) is 9.17. The molecule has 0 aromatic heterocycles. The van der Waals surface area contributed by atoms with Crippen LogP contribution in [-0.4, -0.2) is 17.3 Å². The molecule has 3 aromatic rings. The summed E-state index contributed by atoms with van der Waals surface area (Å²) in [5.74, 6) is -2.42. The average molecular weight is 553 g/mol. The Morgan fingerprint density at radius 1 is 0.795 bits per heavy atom. The molecule has 39 heavy (non-hydrogen) atoms. The van der Waals surface area contributed by atoms with Crippen LogP contribution in [0, 0.1) is 11.7 Å². The van der Waals surface area contributed by atoms with Gasteiger partial charge in [0, 0.05) is 0 Å². The van der Waals surface area contributed by atoms with Crippen molar-refractivity contribution in [3.8, 4) is 22.6 Å². The molecule has 1 unspecified atom stereocenters. The maximum absolute atomic E-state index is 14.5. The van der Waals surface area contributed by atoms with Gasteiger partial charge in [-0.1, -0.05) is 95.7 Å². The highest BCUT2D eigenvalue weighted by Gasteiger charge is 2.23. The van der Waals surface area contributed by atoms with Gasteiger partial charge in [0.05, 0.1) is 5.56 Å². The third-order valence-corrected chi connectivity index (χ3v) is 7.29. The Kier molecular flexibility index (Phi) is 12.0. The zero-order valence-corrected chi connectivity index (χ0v) is 23.8. The molecule has 0 aliphatic rings. The summed E-state index contributed by atoms with van der Waals surface area (Å²) < 4.78 is 24.9. The average Bonchev–Trinajstić information content (AvgIpc) is 2.93. The van der Waals surface area contributed by atoms with Crippen LogP contribution in [0.25, 0.3) is 11.1 Å². The van der Waals surface area contributed by atoms with Gasteiger partial charge in [-0.15, -0.1) is 11.6 Å². The molecule has 6 heteroatoms. The fourth-order valence-corrected chi connectivity index (χ4v) is 4.22. The summed E-state index contributed by atoms with van der Waals surface area (Å²) in [6.45, 7) is 5.76. The normalized spacial score (nSPS) is 11.8. The van der Waals surface area contributed by atoms with Gasteiger partial charge < -0.3 is 9.47 Å². The first-order valence-corrected chi connectivity index (χ1v) is 14.3. The van der Waals surface area contributed by atoms with E-state index in [4.69, 9.17) is 21.1 Å². The molecule has 0 N–H and O–H groups in total. The third kappa shape index (κ3) is 9.50. The van der Waals surface area contributed by atoms with E-state index in [9.17, 15) is 14.0 Å². The molecule has 0 aliphatic heterocycles. The minimum absolute atomic E-state index is 0.000735. The number of carbonyl (C=O) groups is 2. The Morgan fingerprint density at radius 2 is 1.38 bits per heavy atom. The number of alkyl halides is 1. The van der Waals surface area contributed by atoms with Crippen LogP contribution in [0.4, 0.5) is 4.39 Å². The molecule has 1 atom stereocenters. The molecule has 0 bridgehead atoms. The maximum atomic E-state index is 14.5. The highest BCUT2D eigenvalue weighted by Crippen LogP contribution is 2.25. The number of halogens is 2. The standard InChI is InChI=1S/C33H38ClFO4/c1-4-5-6-7-8-9-10-11-24-12-14-25(15-13-24)26-16-19-28(20-17-26)38-32(36)27-18-21-30(29(35)22-27)39-33(37)31(34)23(2)3/h12-23,31H,4-11H2,1-3H3. The van der Waals surface area contributed by atoms with Crippen LogP contribution in [0.1, 0.15) is 81.6 Å². The van der Waals surface area contributed by atoms with Gasteiger partial charge in [0.25, 0.3) is 0 Å². The van der Waals surface area contributed by atoms with Crippen molar-refractivity contribution in [1.29, 1.82) is 0 Å². The summed E-state index contributed by atoms with van der Waals surface area (Å²) in [7, 11) is 0. The SMILES string of the molecule is CCCCCCCCCc1ccc(-c2ccc(OC(=O)c3ccc(OC(=O)C(Cl)C(C)C)c(F)c3)cc2)cc1. The lowest BCUT2D eigenvalue weighted by Gasteiger charge is -2.13. The zero-order chi connectivity index (χ0) is 28.2. The molecule has 3 rings (SSSR count). The van der Waals surface area contributed by atoms with Gasteiger partial charge in [-0.05, 0) is 65.8 Å². The quantitative estimate of drug-likeness (QED) is 0.0865. The van der Waals surface area contributed by atoms with Gasteiger partial charge in [0.1, 0.15) is 11.1 Å². The van der Waals surface area contributed by atoms with Crippen LogP contribution >= 0.6 is 11.6 Å². The van der Waals surface area contributed by atoms with E-state index in [1.54, 1.807) is 26.0 Å². The molecule has 0 saturated carbocycles. The van der Waals surface area contributed by atoms with E-state index in [-0.39, 0.29) is 17.2 Å². The van der Waals surface area contributed by atoms with Crippen LogP contribution in [0.5, 0.6) is 11.5 Å². The molecule has 4 nitrogen and oxygen atoms in total. The number of ether oxygens (including phenoxy) is 2. The lowest BCUT2D eigenvalue weighted by Crippen LogP contribution is -2.25.